The van der Waals surface area contributed by atoms with Crippen molar-refractivity contribution in [3.63, 3.8) is 0 Å². The van der Waals surface area contributed by atoms with Crippen molar-refractivity contribution in [1.29, 1.82) is 0 Å². The average Bonchev–Trinajstić information content (AvgIpc) is 3.03. The largest absolute Gasteiger partial charge is 0.481 e. The number of halogens is 1. The van der Waals surface area contributed by atoms with Crippen LogP contribution in [-0.2, 0) is 9.59 Å². The number of carboxylic acids is 1. The van der Waals surface area contributed by atoms with E-state index in [1.807, 2.05) is 6.07 Å². The zero-order chi connectivity index (χ0) is 18.0. The van der Waals surface area contributed by atoms with Crippen molar-refractivity contribution in [2.75, 3.05) is 0 Å². The highest BCUT2D eigenvalue weighted by Crippen LogP contribution is 2.37. The molecule has 0 saturated carbocycles. The van der Waals surface area contributed by atoms with Gasteiger partial charge in [0.2, 0.25) is 0 Å². The minimum Gasteiger partial charge on any atom is -0.481 e. The van der Waals surface area contributed by atoms with Crippen LogP contribution in [0.2, 0.25) is 0 Å². The number of hydrogen-bond acceptors (Lipinski definition) is 3. The molecule has 0 aliphatic heterocycles. The number of rotatable bonds is 6. The van der Waals surface area contributed by atoms with Gasteiger partial charge < -0.3 is 10.1 Å². The first-order valence-corrected chi connectivity index (χ1v) is 7.96. The molecule has 2 N–H and O–H groups in total. The number of aromatic nitrogens is 2. The van der Waals surface area contributed by atoms with Crippen molar-refractivity contribution < 1.29 is 19.1 Å². The second kappa shape index (κ2) is 6.84. The van der Waals surface area contributed by atoms with E-state index in [4.69, 9.17) is 0 Å². The number of hydrogen-bond donors (Lipinski definition) is 2. The zero-order valence-corrected chi connectivity index (χ0v) is 13.6. The Morgan fingerprint density at radius 1 is 1.24 bits per heavy atom. The molecule has 5 nitrogen and oxygen atoms in total. The molecule has 2 aromatic heterocycles. The van der Waals surface area contributed by atoms with Crippen molar-refractivity contribution in [3.05, 3.63) is 65.7 Å². The number of nitrogens with one attached hydrogen (secondary N) is 1. The highest BCUT2D eigenvalue weighted by atomic mass is 19.1. The van der Waals surface area contributed by atoms with Gasteiger partial charge in [0.25, 0.3) is 0 Å². The quantitative estimate of drug-likeness (QED) is 0.673. The summed E-state index contributed by atoms with van der Waals surface area (Å²) in [6, 6.07) is 9.15. The van der Waals surface area contributed by atoms with Crippen LogP contribution in [0.5, 0.6) is 0 Å². The molecule has 128 valence electrons. The monoisotopic (exact) mass is 340 g/mol. The zero-order valence-electron chi connectivity index (χ0n) is 13.6. The van der Waals surface area contributed by atoms with Crippen LogP contribution < -0.4 is 0 Å². The van der Waals surface area contributed by atoms with E-state index < -0.39 is 23.6 Å². The number of nitrogens with zero attached hydrogens (tertiary/aromatic N) is 1. The summed E-state index contributed by atoms with van der Waals surface area (Å²) in [6.07, 6.45) is 3.40. The lowest BCUT2D eigenvalue weighted by atomic mass is 9.78. The van der Waals surface area contributed by atoms with Crippen LogP contribution in [0.3, 0.4) is 0 Å². The van der Waals surface area contributed by atoms with Crippen molar-refractivity contribution >= 4 is 22.8 Å². The maximum absolute atomic E-state index is 13.3. The van der Waals surface area contributed by atoms with Crippen LogP contribution in [0.15, 0.2) is 48.8 Å². The van der Waals surface area contributed by atoms with Gasteiger partial charge in [-0.05, 0) is 35.4 Å². The number of carboxylic acid groups (broad SMARTS) is 1. The third-order valence-corrected chi connectivity index (χ3v) is 4.34. The number of carbonyl (C=O) groups is 2. The van der Waals surface area contributed by atoms with E-state index in [1.54, 1.807) is 25.4 Å². The van der Waals surface area contributed by atoms with Crippen LogP contribution in [0.25, 0.3) is 11.0 Å². The summed E-state index contributed by atoms with van der Waals surface area (Å²) in [5.74, 6) is -3.98. The predicted octanol–water partition coefficient (Wildman–Crippen LogP) is 3.51. The molecule has 0 bridgehead atoms. The van der Waals surface area contributed by atoms with Gasteiger partial charge in [-0.3, -0.25) is 9.59 Å². The molecule has 3 aromatic rings. The maximum Gasteiger partial charge on any atom is 0.315 e. The molecule has 0 saturated heterocycles. The first-order valence-electron chi connectivity index (χ1n) is 7.96. The number of aliphatic carboxylic acids is 1. The van der Waals surface area contributed by atoms with E-state index in [-0.39, 0.29) is 12.2 Å². The van der Waals surface area contributed by atoms with Gasteiger partial charge in [0.1, 0.15) is 23.2 Å². The molecule has 3 rings (SSSR count). The summed E-state index contributed by atoms with van der Waals surface area (Å²) in [4.78, 5) is 31.5. The second-order valence-corrected chi connectivity index (χ2v) is 5.81. The number of aromatic amines is 1. The summed E-state index contributed by atoms with van der Waals surface area (Å²) in [5, 5.41) is 10.5. The van der Waals surface area contributed by atoms with Crippen molar-refractivity contribution in [1.82, 2.24) is 9.97 Å². The van der Waals surface area contributed by atoms with E-state index in [1.165, 1.54) is 24.3 Å². The van der Waals surface area contributed by atoms with E-state index in [0.717, 1.165) is 5.39 Å². The van der Waals surface area contributed by atoms with E-state index >= 15 is 0 Å². The van der Waals surface area contributed by atoms with Gasteiger partial charge in [0.05, 0.1) is 0 Å². The van der Waals surface area contributed by atoms with Gasteiger partial charge in [0.15, 0.2) is 0 Å². The summed E-state index contributed by atoms with van der Waals surface area (Å²) in [5.41, 5.74) is 1.84. The minimum atomic E-state index is -1.25. The minimum absolute atomic E-state index is 0.106. The Labute approximate surface area is 143 Å². The van der Waals surface area contributed by atoms with Gasteiger partial charge in [-0.2, -0.15) is 0 Å². The lowest BCUT2D eigenvalue weighted by Crippen LogP contribution is -2.30. The number of Topliss-reactive ketones (excluding diaryl/α,β-unsaturated/α-hetero) is 1. The molecule has 0 aliphatic carbocycles. The standard InChI is InChI=1S/C19H17FN2O3/c1-2-15(23)17(19(24)25)16(11-5-7-12(20)8-6-11)14-10-22-18-13(14)4-3-9-21-18/h3-10,16-17H,2H2,1H3,(H,21,22)(H,24,25). The molecular formula is C19H17FN2O3. The van der Waals surface area contributed by atoms with E-state index in [9.17, 15) is 19.1 Å². The highest BCUT2D eigenvalue weighted by molar-refractivity contribution is 6.00. The van der Waals surface area contributed by atoms with Crippen molar-refractivity contribution in [3.8, 4) is 0 Å². The van der Waals surface area contributed by atoms with E-state index in [0.29, 0.717) is 16.8 Å². The summed E-state index contributed by atoms with van der Waals surface area (Å²) < 4.78 is 13.3. The fraction of sp³-hybridized carbons (Fsp3) is 0.211. The molecule has 0 aliphatic rings. The van der Waals surface area contributed by atoms with Crippen molar-refractivity contribution in [2.24, 2.45) is 5.92 Å². The third kappa shape index (κ3) is 3.15. The molecule has 0 amide bonds. The third-order valence-electron chi connectivity index (χ3n) is 4.34. The highest BCUT2D eigenvalue weighted by Gasteiger charge is 2.37. The first kappa shape index (κ1) is 16.8. The number of fused-ring (bicyclic) bond motifs is 1. The molecule has 6 heteroatoms. The number of benzene rings is 1. The molecule has 0 fully saturated rings. The van der Waals surface area contributed by atoms with Gasteiger partial charge >= 0.3 is 5.97 Å². The SMILES string of the molecule is CCC(=O)C(C(=O)O)C(c1ccc(F)cc1)c1c[nH]c2ncccc12. The molecule has 2 heterocycles. The normalized spacial score (nSPS) is 13.5. The molecule has 2 unspecified atom stereocenters. The molecule has 2 atom stereocenters. The fourth-order valence-corrected chi connectivity index (χ4v) is 3.14. The number of pyridine rings is 1. The van der Waals surface area contributed by atoms with Gasteiger partial charge in [0, 0.05) is 30.1 Å². The Morgan fingerprint density at radius 3 is 2.60 bits per heavy atom. The molecule has 0 spiro atoms. The fourth-order valence-electron chi connectivity index (χ4n) is 3.14. The number of carbonyl (C=O) groups excluding carboxylic acids is 1. The second-order valence-electron chi connectivity index (χ2n) is 5.81. The van der Waals surface area contributed by atoms with E-state index in [2.05, 4.69) is 9.97 Å². The number of ketones is 1. The molecular weight excluding hydrogens is 323 g/mol. The van der Waals surface area contributed by atoms with Crippen LogP contribution >= 0.6 is 0 Å². The van der Waals surface area contributed by atoms with Crippen molar-refractivity contribution in [2.45, 2.75) is 19.3 Å². The van der Waals surface area contributed by atoms with Gasteiger partial charge in [-0.15, -0.1) is 0 Å². The summed E-state index contributed by atoms with van der Waals surface area (Å²) in [6.45, 7) is 1.64. The molecule has 0 radical (unpaired) electrons. The topological polar surface area (TPSA) is 83.0 Å². The Morgan fingerprint density at radius 2 is 1.96 bits per heavy atom. The van der Waals surface area contributed by atoms with Crippen LogP contribution in [0.4, 0.5) is 4.39 Å². The Bertz CT molecular complexity index is 918. The number of H-pyrrole nitrogens is 1. The Kier molecular flexibility index (Phi) is 4.61. The van der Waals surface area contributed by atoms with Gasteiger partial charge in [-0.1, -0.05) is 19.1 Å². The maximum atomic E-state index is 13.3. The Hall–Kier alpha value is -3.02. The average molecular weight is 340 g/mol. The lowest BCUT2D eigenvalue weighted by Gasteiger charge is -2.23. The molecule has 1 aromatic carbocycles. The predicted molar refractivity (Wildman–Crippen MR) is 90.8 cm³/mol. The van der Waals surface area contributed by atoms with Crippen LogP contribution in [0.1, 0.15) is 30.4 Å². The molecule has 25 heavy (non-hydrogen) atoms. The summed E-state index contributed by atoms with van der Waals surface area (Å²) in [7, 11) is 0. The first-order chi connectivity index (χ1) is 12.0. The summed E-state index contributed by atoms with van der Waals surface area (Å²) >= 11 is 0. The lowest BCUT2D eigenvalue weighted by molar-refractivity contribution is -0.146. The smallest absolute Gasteiger partial charge is 0.315 e. The van der Waals surface area contributed by atoms with Crippen LogP contribution in [0, 0.1) is 11.7 Å². The van der Waals surface area contributed by atoms with Gasteiger partial charge in [-0.25, -0.2) is 9.37 Å². The van der Waals surface area contributed by atoms with Crippen LogP contribution in [-0.4, -0.2) is 26.8 Å². The Balaban J connectivity index is 2.22.